The van der Waals surface area contributed by atoms with Crippen LogP contribution in [0.3, 0.4) is 0 Å². The highest BCUT2D eigenvalue weighted by molar-refractivity contribution is 5.94. The second-order valence-corrected chi connectivity index (χ2v) is 5.22. The molecule has 112 valence electrons. The number of hydrogen-bond donors (Lipinski definition) is 2. The number of aromatic nitrogens is 1. The Morgan fingerprint density at radius 1 is 1.48 bits per heavy atom. The topological polar surface area (TPSA) is 65.5 Å². The number of nitrogens with one attached hydrogen (secondary N) is 1. The number of carbonyl (C=O) groups is 1. The molecule has 1 aromatic rings. The van der Waals surface area contributed by atoms with Crippen molar-refractivity contribution in [3.63, 3.8) is 0 Å². The van der Waals surface area contributed by atoms with Crippen LogP contribution in [-0.4, -0.2) is 53.2 Å². The summed E-state index contributed by atoms with van der Waals surface area (Å²) >= 11 is 0. The van der Waals surface area contributed by atoms with Crippen molar-refractivity contribution in [2.24, 2.45) is 0 Å². The van der Waals surface area contributed by atoms with Crippen LogP contribution in [0.25, 0.3) is 0 Å². The monoisotopic (exact) mass is 287 g/mol. The highest BCUT2D eigenvalue weighted by Gasteiger charge is 2.18. The van der Waals surface area contributed by atoms with Gasteiger partial charge in [0.2, 0.25) is 0 Å². The smallest absolute Gasteiger partial charge is 0.252 e. The molecule has 1 fully saturated rings. The fourth-order valence-corrected chi connectivity index (χ4v) is 2.43. The number of hydrogen-bond acceptors (Lipinski definition) is 4. The first-order chi connectivity index (χ1) is 10.2. The SMILES string of the molecule is CC(CNC(=O)c1cncc(C#CCO)c1)N1CCCC1. The molecule has 0 aliphatic carbocycles. The van der Waals surface area contributed by atoms with Gasteiger partial charge in [-0.05, 0) is 38.9 Å². The molecule has 0 spiro atoms. The molecule has 0 aromatic carbocycles. The van der Waals surface area contributed by atoms with Crippen LogP contribution >= 0.6 is 0 Å². The van der Waals surface area contributed by atoms with Crippen LogP contribution in [0, 0.1) is 11.8 Å². The summed E-state index contributed by atoms with van der Waals surface area (Å²) in [5.41, 5.74) is 1.12. The van der Waals surface area contributed by atoms with Crippen molar-refractivity contribution in [3.05, 3.63) is 29.6 Å². The lowest BCUT2D eigenvalue weighted by atomic mass is 10.2. The number of likely N-dealkylation sites (tertiary alicyclic amines) is 1. The Labute approximate surface area is 125 Å². The first-order valence-corrected chi connectivity index (χ1v) is 7.27. The quantitative estimate of drug-likeness (QED) is 0.798. The number of nitrogens with zero attached hydrogens (tertiary/aromatic N) is 2. The van der Waals surface area contributed by atoms with Crippen molar-refractivity contribution in [2.75, 3.05) is 26.2 Å². The van der Waals surface area contributed by atoms with Crippen LogP contribution in [0.15, 0.2) is 18.5 Å². The van der Waals surface area contributed by atoms with E-state index in [4.69, 9.17) is 5.11 Å². The average Bonchev–Trinajstić information content (AvgIpc) is 3.05. The lowest BCUT2D eigenvalue weighted by Crippen LogP contribution is -2.40. The molecule has 1 saturated heterocycles. The van der Waals surface area contributed by atoms with Crippen LogP contribution < -0.4 is 5.32 Å². The van der Waals surface area contributed by atoms with E-state index in [1.807, 2.05) is 0 Å². The maximum atomic E-state index is 12.1. The molecule has 0 bridgehead atoms. The van der Waals surface area contributed by atoms with E-state index in [0.717, 1.165) is 13.1 Å². The highest BCUT2D eigenvalue weighted by Crippen LogP contribution is 2.11. The molecule has 2 N–H and O–H groups in total. The van der Waals surface area contributed by atoms with Crippen molar-refractivity contribution in [2.45, 2.75) is 25.8 Å². The third kappa shape index (κ3) is 4.55. The number of aliphatic hydroxyl groups is 1. The zero-order chi connectivity index (χ0) is 15.1. The molecule has 0 saturated carbocycles. The Morgan fingerprint density at radius 2 is 2.24 bits per heavy atom. The maximum Gasteiger partial charge on any atom is 0.252 e. The lowest BCUT2D eigenvalue weighted by Gasteiger charge is -2.23. The van der Waals surface area contributed by atoms with Gasteiger partial charge in [-0.1, -0.05) is 11.8 Å². The molecule has 1 atom stereocenters. The van der Waals surface area contributed by atoms with E-state index < -0.39 is 0 Å². The van der Waals surface area contributed by atoms with Crippen molar-refractivity contribution in [3.8, 4) is 11.8 Å². The van der Waals surface area contributed by atoms with Gasteiger partial charge in [-0.3, -0.25) is 14.7 Å². The summed E-state index contributed by atoms with van der Waals surface area (Å²) in [5, 5.41) is 11.6. The molecule has 2 heterocycles. The molecule has 1 aliphatic rings. The Hall–Kier alpha value is -1.90. The zero-order valence-corrected chi connectivity index (χ0v) is 12.3. The van der Waals surface area contributed by atoms with Crippen molar-refractivity contribution < 1.29 is 9.90 Å². The molecular weight excluding hydrogens is 266 g/mol. The van der Waals surface area contributed by atoms with E-state index in [-0.39, 0.29) is 12.5 Å². The molecule has 2 rings (SSSR count). The van der Waals surface area contributed by atoms with Gasteiger partial charge in [0.15, 0.2) is 0 Å². The molecule has 1 unspecified atom stereocenters. The van der Waals surface area contributed by atoms with Crippen LogP contribution in [0.2, 0.25) is 0 Å². The molecule has 5 heteroatoms. The fourth-order valence-electron chi connectivity index (χ4n) is 2.43. The van der Waals surface area contributed by atoms with Gasteiger partial charge in [0.1, 0.15) is 6.61 Å². The minimum absolute atomic E-state index is 0.138. The van der Waals surface area contributed by atoms with Gasteiger partial charge in [-0.2, -0.15) is 0 Å². The van der Waals surface area contributed by atoms with Gasteiger partial charge in [-0.15, -0.1) is 0 Å². The standard InChI is InChI=1S/C16H21N3O2/c1-13(19-6-2-3-7-19)10-18-16(21)15-9-14(5-4-8-20)11-17-12-15/h9,11-13,20H,2-3,6-8,10H2,1H3,(H,18,21). The number of carbonyl (C=O) groups excluding carboxylic acids is 1. The van der Waals surface area contributed by atoms with Gasteiger partial charge >= 0.3 is 0 Å². The first kappa shape index (κ1) is 15.5. The summed E-state index contributed by atoms with van der Waals surface area (Å²) < 4.78 is 0. The highest BCUT2D eigenvalue weighted by atomic mass is 16.2. The van der Waals surface area contributed by atoms with E-state index in [1.54, 1.807) is 12.3 Å². The average molecular weight is 287 g/mol. The van der Waals surface area contributed by atoms with Gasteiger partial charge in [-0.25, -0.2) is 0 Å². The maximum absolute atomic E-state index is 12.1. The van der Waals surface area contributed by atoms with E-state index in [0.29, 0.717) is 23.7 Å². The molecule has 0 radical (unpaired) electrons. The minimum atomic E-state index is -0.205. The molecule has 1 amide bonds. The number of rotatable bonds is 4. The number of pyridine rings is 1. The summed E-state index contributed by atoms with van der Waals surface area (Å²) in [6.07, 6.45) is 5.59. The van der Waals surface area contributed by atoms with E-state index in [1.165, 1.54) is 19.0 Å². The number of aliphatic hydroxyl groups excluding tert-OH is 1. The second-order valence-electron chi connectivity index (χ2n) is 5.22. The third-order valence-corrected chi connectivity index (χ3v) is 3.63. The summed E-state index contributed by atoms with van der Waals surface area (Å²) in [6.45, 7) is 4.79. The van der Waals surface area contributed by atoms with E-state index in [2.05, 4.69) is 34.0 Å². The molecule has 1 aliphatic heterocycles. The summed E-state index contributed by atoms with van der Waals surface area (Å²) in [4.78, 5) is 18.5. The van der Waals surface area contributed by atoms with Crippen molar-refractivity contribution in [1.82, 2.24) is 15.2 Å². The predicted octanol–water partition coefficient (Wildman–Crippen LogP) is 0.639. The molecule has 21 heavy (non-hydrogen) atoms. The number of amides is 1. The summed E-state index contributed by atoms with van der Waals surface area (Å²) in [6, 6.07) is 2.03. The Balaban J connectivity index is 1.90. The Kier molecular flexibility index (Phi) is 5.73. The largest absolute Gasteiger partial charge is 0.384 e. The Bertz CT molecular complexity index is 542. The van der Waals surface area contributed by atoms with Gasteiger partial charge in [0, 0.05) is 30.5 Å². The van der Waals surface area contributed by atoms with Crippen molar-refractivity contribution >= 4 is 5.91 Å². The van der Waals surface area contributed by atoms with Crippen LogP contribution in [0.5, 0.6) is 0 Å². The first-order valence-electron chi connectivity index (χ1n) is 7.27. The minimum Gasteiger partial charge on any atom is -0.384 e. The van der Waals surface area contributed by atoms with E-state index in [9.17, 15) is 4.79 Å². The Morgan fingerprint density at radius 3 is 2.95 bits per heavy atom. The molecule has 1 aromatic heterocycles. The van der Waals surface area contributed by atoms with Crippen LogP contribution in [0.4, 0.5) is 0 Å². The normalized spacial score (nSPS) is 16.1. The zero-order valence-electron chi connectivity index (χ0n) is 12.3. The lowest BCUT2D eigenvalue weighted by molar-refractivity contribution is 0.0940. The third-order valence-electron chi connectivity index (χ3n) is 3.63. The van der Waals surface area contributed by atoms with Crippen LogP contribution in [-0.2, 0) is 0 Å². The fraction of sp³-hybridized carbons (Fsp3) is 0.500. The molecular formula is C16H21N3O2. The van der Waals surface area contributed by atoms with Gasteiger partial charge in [0.25, 0.3) is 5.91 Å². The van der Waals surface area contributed by atoms with E-state index >= 15 is 0 Å². The second kappa shape index (κ2) is 7.77. The summed E-state index contributed by atoms with van der Waals surface area (Å²) in [5.74, 6) is 5.16. The van der Waals surface area contributed by atoms with Crippen molar-refractivity contribution in [1.29, 1.82) is 0 Å². The van der Waals surface area contributed by atoms with Gasteiger partial charge < -0.3 is 10.4 Å². The van der Waals surface area contributed by atoms with Gasteiger partial charge in [0.05, 0.1) is 5.56 Å². The summed E-state index contributed by atoms with van der Waals surface area (Å²) in [7, 11) is 0. The predicted molar refractivity (Wildman–Crippen MR) is 80.8 cm³/mol. The molecule has 5 nitrogen and oxygen atoms in total. The van der Waals surface area contributed by atoms with Crippen LogP contribution in [0.1, 0.15) is 35.7 Å².